The first-order valence-electron chi connectivity index (χ1n) is 8.92. The van der Waals surface area contributed by atoms with Gasteiger partial charge in [-0.05, 0) is 44.9 Å². The molecule has 0 aromatic rings. The highest BCUT2D eigenvalue weighted by molar-refractivity contribution is 7.86. The Morgan fingerprint density at radius 1 is 0.826 bits per heavy atom. The molecular formula is C18H34O4S. The van der Waals surface area contributed by atoms with Gasteiger partial charge in [0.25, 0.3) is 10.1 Å². The van der Waals surface area contributed by atoms with Crippen LogP contribution < -0.4 is 0 Å². The van der Waals surface area contributed by atoms with Crippen molar-refractivity contribution in [1.82, 2.24) is 0 Å². The lowest BCUT2D eigenvalue weighted by Crippen LogP contribution is -2.19. The maximum Gasteiger partial charge on any atom is 0.291 e. The molecule has 0 saturated heterocycles. The fourth-order valence-corrected chi connectivity index (χ4v) is 2.74. The highest BCUT2D eigenvalue weighted by Gasteiger charge is 2.18. The zero-order valence-electron chi connectivity index (χ0n) is 14.5. The molecule has 4 nitrogen and oxygen atoms in total. The molecule has 0 bridgehead atoms. The summed E-state index contributed by atoms with van der Waals surface area (Å²) in [5.74, 6) is 0. The molecule has 0 amide bonds. The van der Waals surface area contributed by atoms with E-state index >= 15 is 0 Å². The number of rotatable bonds is 15. The molecule has 0 aromatic heterocycles. The van der Waals surface area contributed by atoms with Gasteiger partial charge in [0, 0.05) is 0 Å². The Kier molecular flexibility index (Phi) is 14.5. The third-order valence-electron chi connectivity index (χ3n) is 3.75. The van der Waals surface area contributed by atoms with E-state index in [1.165, 1.54) is 25.7 Å². The Morgan fingerprint density at radius 2 is 1.35 bits per heavy atom. The second-order valence-electron chi connectivity index (χ2n) is 5.99. The SMILES string of the molecule is CCCCCC=CCC=CCCCCCCCC(O)S(=O)(=O)O. The lowest BCUT2D eigenvalue weighted by Gasteiger charge is -2.06. The molecule has 0 aliphatic carbocycles. The van der Waals surface area contributed by atoms with Crippen LogP contribution in [-0.4, -0.2) is 23.5 Å². The van der Waals surface area contributed by atoms with Crippen molar-refractivity contribution in [3.05, 3.63) is 24.3 Å². The first-order chi connectivity index (χ1) is 11.0. The van der Waals surface area contributed by atoms with Crippen LogP contribution in [0.2, 0.25) is 0 Å². The zero-order chi connectivity index (χ0) is 17.4. The topological polar surface area (TPSA) is 74.6 Å². The van der Waals surface area contributed by atoms with Gasteiger partial charge in [0.2, 0.25) is 0 Å². The second kappa shape index (κ2) is 14.9. The van der Waals surface area contributed by atoms with E-state index in [4.69, 9.17) is 9.66 Å². The zero-order valence-corrected chi connectivity index (χ0v) is 15.3. The van der Waals surface area contributed by atoms with Crippen molar-refractivity contribution in [2.75, 3.05) is 0 Å². The standard InChI is InChI=1S/C18H34O4S/c1-2-3-4-5-6-7-8-9-10-11-12-13-14-15-16-17-18(19)23(20,21)22/h6-7,9-10,18-19H,2-5,8,11-17H2,1H3,(H,20,21,22). The van der Waals surface area contributed by atoms with Crippen LogP contribution >= 0.6 is 0 Å². The van der Waals surface area contributed by atoms with E-state index in [2.05, 4.69) is 31.2 Å². The molecule has 0 aliphatic heterocycles. The second-order valence-corrected chi connectivity index (χ2v) is 7.56. The molecule has 0 spiro atoms. The van der Waals surface area contributed by atoms with Crippen LogP contribution in [0.1, 0.15) is 84.0 Å². The van der Waals surface area contributed by atoms with Crippen LogP contribution in [0.15, 0.2) is 24.3 Å². The average molecular weight is 347 g/mol. The molecule has 0 aliphatic rings. The van der Waals surface area contributed by atoms with Crippen molar-refractivity contribution in [1.29, 1.82) is 0 Å². The van der Waals surface area contributed by atoms with Crippen LogP contribution in [0.3, 0.4) is 0 Å². The Morgan fingerprint density at radius 3 is 1.91 bits per heavy atom. The molecule has 0 radical (unpaired) electrons. The summed E-state index contributed by atoms with van der Waals surface area (Å²) in [7, 11) is -4.28. The Balaban J connectivity index is 3.34. The number of hydrogen-bond donors (Lipinski definition) is 2. The Labute approximate surface area is 142 Å². The largest absolute Gasteiger partial charge is 0.375 e. The van der Waals surface area contributed by atoms with E-state index in [1.54, 1.807) is 0 Å². The van der Waals surface area contributed by atoms with Gasteiger partial charge < -0.3 is 5.11 Å². The molecule has 0 rings (SSSR count). The van der Waals surface area contributed by atoms with Gasteiger partial charge in [-0.1, -0.05) is 63.3 Å². The Hall–Kier alpha value is -0.650. The molecule has 0 aromatic carbocycles. The summed E-state index contributed by atoms with van der Waals surface area (Å²) < 4.78 is 29.8. The first-order valence-corrected chi connectivity index (χ1v) is 10.4. The van der Waals surface area contributed by atoms with Crippen molar-refractivity contribution in [2.45, 2.75) is 89.4 Å². The fraction of sp³-hybridized carbons (Fsp3) is 0.778. The van der Waals surface area contributed by atoms with Gasteiger partial charge in [-0.15, -0.1) is 0 Å². The van der Waals surface area contributed by atoms with Crippen molar-refractivity contribution < 1.29 is 18.1 Å². The van der Waals surface area contributed by atoms with E-state index in [0.29, 0.717) is 6.42 Å². The third kappa shape index (κ3) is 16.0. The quantitative estimate of drug-likeness (QED) is 0.248. The molecule has 1 unspecified atom stereocenters. The number of hydrogen-bond acceptors (Lipinski definition) is 3. The van der Waals surface area contributed by atoms with Crippen LogP contribution in [0.25, 0.3) is 0 Å². The van der Waals surface area contributed by atoms with Gasteiger partial charge >= 0.3 is 0 Å². The van der Waals surface area contributed by atoms with Gasteiger partial charge in [0.1, 0.15) is 0 Å². The van der Waals surface area contributed by atoms with Gasteiger partial charge in [0.15, 0.2) is 5.44 Å². The molecule has 0 heterocycles. The average Bonchev–Trinajstić information content (AvgIpc) is 2.50. The lowest BCUT2D eigenvalue weighted by molar-refractivity contribution is 0.219. The van der Waals surface area contributed by atoms with E-state index in [0.717, 1.165) is 38.5 Å². The third-order valence-corrected chi connectivity index (χ3v) is 4.67. The molecule has 23 heavy (non-hydrogen) atoms. The summed E-state index contributed by atoms with van der Waals surface area (Å²) >= 11 is 0. The number of aliphatic hydroxyl groups is 1. The van der Waals surface area contributed by atoms with Gasteiger partial charge in [-0.3, -0.25) is 4.55 Å². The fourth-order valence-electron chi connectivity index (χ4n) is 2.28. The first kappa shape index (κ1) is 22.4. The van der Waals surface area contributed by atoms with Crippen molar-refractivity contribution in [3.8, 4) is 0 Å². The molecule has 0 saturated carbocycles. The summed E-state index contributed by atoms with van der Waals surface area (Å²) in [6, 6.07) is 0. The van der Waals surface area contributed by atoms with Crippen molar-refractivity contribution >= 4 is 10.1 Å². The molecule has 0 fully saturated rings. The summed E-state index contributed by atoms with van der Waals surface area (Å²) in [5, 5.41) is 9.14. The highest BCUT2D eigenvalue weighted by atomic mass is 32.2. The minimum atomic E-state index is -4.28. The van der Waals surface area contributed by atoms with E-state index in [-0.39, 0.29) is 6.42 Å². The Bertz CT molecular complexity index is 413. The van der Waals surface area contributed by atoms with Gasteiger partial charge in [-0.25, -0.2) is 0 Å². The van der Waals surface area contributed by atoms with E-state index in [9.17, 15) is 8.42 Å². The summed E-state index contributed by atoms with van der Waals surface area (Å²) in [6.45, 7) is 2.22. The van der Waals surface area contributed by atoms with E-state index < -0.39 is 15.6 Å². The highest BCUT2D eigenvalue weighted by Crippen LogP contribution is 2.11. The maximum absolute atomic E-state index is 10.6. The summed E-state index contributed by atoms with van der Waals surface area (Å²) in [4.78, 5) is 0. The predicted octanol–water partition coefficient (Wildman–Crippen LogP) is 5.01. The van der Waals surface area contributed by atoms with Crippen LogP contribution in [-0.2, 0) is 10.1 Å². The lowest BCUT2D eigenvalue weighted by atomic mass is 10.1. The van der Waals surface area contributed by atoms with Crippen LogP contribution in [0.4, 0.5) is 0 Å². The monoisotopic (exact) mass is 346 g/mol. The molecule has 1 atom stereocenters. The molecule has 136 valence electrons. The number of allylic oxidation sites excluding steroid dienone is 4. The molecule has 5 heteroatoms. The van der Waals surface area contributed by atoms with Crippen molar-refractivity contribution in [3.63, 3.8) is 0 Å². The van der Waals surface area contributed by atoms with Crippen molar-refractivity contribution in [2.24, 2.45) is 0 Å². The van der Waals surface area contributed by atoms with Crippen LogP contribution in [0, 0.1) is 0 Å². The van der Waals surface area contributed by atoms with E-state index in [1.807, 2.05) is 0 Å². The minimum absolute atomic E-state index is 0.114. The number of unbranched alkanes of at least 4 members (excludes halogenated alkanes) is 8. The smallest absolute Gasteiger partial charge is 0.291 e. The minimum Gasteiger partial charge on any atom is -0.375 e. The summed E-state index contributed by atoms with van der Waals surface area (Å²) in [5.41, 5.74) is -1.62. The van der Waals surface area contributed by atoms with Gasteiger partial charge in [-0.2, -0.15) is 8.42 Å². The molecule has 2 N–H and O–H groups in total. The summed E-state index contributed by atoms with van der Waals surface area (Å²) in [6.07, 6.45) is 21.0. The van der Waals surface area contributed by atoms with Crippen LogP contribution in [0.5, 0.6) is 0 Å². The molecular weight excluding hydrogens is 312 g/mol. The number of aliphatic hydroxyl groups excluding tert-OH is 1. The van der Waals surface area contributed by atoms with Gasteiger partial charge in [0.05, 0.1) is 0 Å². The predicted molar refractivity (Wildman–Crippen MR) is 96.9 cm³/mol. The maximum atomic E-state index is 10.6. The normalized spacial score (nSPS) is 14.0.